The van der Waals surface area contributed by atoms with Crippen molar-refractivity contribution in [3.05, 3.63) is 11.1 Å². The zero-order chi connectivity index (χ0) is 15.0. The third-order valence-corrected chi connectivity index (χ3v) is 3.19. The van der Waals surface area contributed by atoms with Gasteiger partial charge in [0, 0.05) is 11.5 Å². The molecule has 0 aromatic rings. The Balaban J connectivity index is 5.31. The molecule has 0 fully saturated rings. The molecule has 19 heavy (non-hydrogen) atoms. The topological polar surface area (TPSA) is 66.8 Å². The summed E-state index contributed by atoms with van der Waals surface area (Å²) in [6, 6.07) is 0. The van der Waals surface area contributed by atoms with Crippen molar-refractivity contribution in [1.82, 2.24) is 0 Å². The number of rotatable bonds is 8. The number of aliphatic hydroxyl groups excluding tert-OH is 2. The van der Waals surface area contributed by atoms with Crippen molar-refractivity contribution in [3.63, 3.8) is 0 Å². The van der Waals surface area contributed by atoms with Gasteiger partial charge in [0.2, 0.25) is 0 Å². The maximum atomic E-state index is 12.1. The van der Waals surface area contributed by atoms with Crippen molar-refractivity contribution in [3.8, 4) is 0 Å². The van der Waals surface area contributed by atoms with Crippen LogP contribution in [-0.2, 0) is 9.53 Å². The van der Waals surface area contributed by atoms with Crippen LogP contribution in [0.25, 0.3) is 0 Å². The van der Waals surface area contributed by atoms with Crippen LogP contribution in [-0.4, -0.2) is 35.0 Å². The Hall–Kier alpha value is -0.870. The maximum absolute atomic E-state index is 12.1. The van der Waals surface area contributed by atoms with E-state index in [1.807, 2.05) is 20.8 Å². The molecular weight excluding hydrogens is 244 g/mol. The molecule has 0 aromatic heterocycles. The number of allylic oxidation sites excluding steroid dienone is 1. The van der Waals surface area contributed by atoms with E-state index in [1.165, 1.54) is 0 Å². The molecule has 2 N–H and O–H groups in total. The molecule has 0 amide bonds. The molecule has 2 unspecified atom stereocenters. The summed E-state index contributed by atoms with van der Waals surface area (Å²) in [4.78, 5) is 12.1. The van der Waals surface area contributed by atoms with Crippen molar-refractivity contribution >= 4 is 5.97 Å². The SMILES string of the molecule is CCCOC(=O)C(=C(C)C)C(C(O)CC)C(O)CC. The minimum Gasteiger partial charge on any atom is -0.462 e. The van der Waals surface area contributed by atoms with Crippen LogP contribution in [0.5, 0.6) is 0 Å². The molecule has 0 aliphatic carbocycles. The van der Waals surface area contributed by atoms with Crippen molar-refractivity contribution in [2.24, 2.45) is 5.92 Å². The van der Waals surface area contributed by atoms with E-state index in [0.717, 1.165) is 12.0 Å². The second-order valence-corrected chi connectivity index (χ2v) is 5.03. The highest BCUT2D eigenvalue weighted by atomic mass is 16.5. The summed E-state index contributed by atoms with van der Waals surface area (Å²) in [5, 5.41) is 20.2. The molecule has 2 atom stereocenters. The fraction of sp³-hybridized carbons (Fsp3) is 0.800. The second kappa shape index (κ2) is 9.10. The molecule has 4 heteroatoms. The Labute approximate surface area is 116 Å². The summed E-state index contributed by atoms with van der Waals surface area (Å²) in [7, 11) is 0. The highest BCUT2D eigenvalue weighted by Gasteiger charge is 2.33. The van der Waals surface area contributed by atoms with Crippen LogP contribution >= 0.6 is 0 Å². The third kappa shape index (κ3) is 5.33. The quantitative estimate of drug-likeness (QED) is 0.526. The van der Waals surface area contributed by atoms with Gasteiger partial charge >= 0.3 is 5.97 Å². The van der Waals surface area contributed by atoms with E-state index in [4.69, 9.17) is 4.74 Å². The van der Waals surface area contributed by atoms with Gasteiger partial charge in [0.1, 0.15) is 0 Å². The zero-order valence-corrected chi connectivity index (χ0v) is 12.8. The first-order valence-electron chi connectivity index (χ1n) is 7.11. The van der Waals surface area contributed by atoms with Crippen LogP contribution in [0.15, 0.2) is 11.1 Å². The predicted molar refractivity (Wildman–Crippen MR) is 75.7 cm³/mol. The Bertz CT molecular complexity index is 295. The Morgan fingerprint density at radius 1 is 1.05 bits per heavy atom. The lowest BCUT2D eigenvalue weighted by atomic mass is 9.83. The number of aliphatic hydroxyl groups is 2. The van der Waals surface area contributed by atoms with Gasteiger partial charge in [0.05, 0.1) is 18.8 Å². The Morgan fingerprint density at radius 2 is 1.53 bits per heavy atom. The average molecular weight is 272 g/mol. The van der Waals surface area contributed by atoms with Gasteiger partial charge in [-0.15, -0.1) is 0 Å². The maximum Gasteiger partial charge on any atom is 0.334 e. The molecule has 0 aliphatic rings. The van der Waals surface area contributed by atoms with Crippen LogP contribution in [0, 0.1) is 5.92 Å². The molecule has 0 aliphatic heterocycles. The van der Waals surface area contributed by atoms with Crippen molar-refractivity contribution in [2.75, 3.05) is 6.61 Å². The van der Waals surface area contributed by atoms with E-state index in [1.54, 1.807) is 13.8 Å². The van der Waals surface area contributed by atoms with E-state index >= 15 is 0 Å². The van der Waals surface area contributed by atoms with Crippen LogP contribution in [0.3, 0.4) is 0 Å². The van der Waals surface area contributed by atoms with Gasteiger partial charge in [-0.25, -0.2) is 4.79 Å². The first kappa shape index (κ1) is 18.1. The van der Waals surface area contributed by atoms with Gasteiger partial charge in [0.15, 0.2) is 0 Å². The molecule has 0 saturated heterocycles. The third-order valence-electron chi connectivity index (χ3n) is 3.19. The van der Waals surface area contributed by atoms with E-state index in [2.05, 4.69) is 0 Å². The number of carbonyl (C=O) groups is 1. The molecule has 0 radical (unpaired) electrons. The second-order valence-electron chi connectivity index (χ2n) is 5.03. The molecule has 0 rings (SSSR count). The molecule has 4 nitrogen and oxygen atoms in total. The van der Waals surface area contributed by atoms with E-state index in [-0.39, 0.29) is 0 Å². The molecule has 0 aromatic carbocycles. The fourth-order valence-corrected chi connectivity index (χ4v) is 2.10. The van der Waals surface area contributed by atoms with Gasteiger partial charge in [-0.3, -0.25) is 0 Å². The number of esters is 1. The molecule has 112 valence electrons. The van der Waals surface area contributed by atoms with E-state index in [0.29, 0.717) is 25.0 Å². The average Bonchev–Trinajstić information content (AvgIpc) is 2.39. The van der Waals surface area contributed by atoms with Gasteiger partial charge in [-0.05, 0) is 33.1 Å². The normalized spacial score (nSPS) is 15.5. The van der Waals surface area contributed by atoms with Gasteiger partial charge in [-0.2, -0.15) is 0 Å². The van der Waals surface area contributed by atoms with E-state index in [9.17, 15) is 15.0 Å². The lowest BCUT2D eigenvalue weighted by Crippen LogP contribution is -2.36. The van der Waals surface area contributed by atoms with Crippen molar-refractivity contribution < 1.29 is 19.7 Å². The Morgan fingerprint density at radius 3 is 1.84 bits per heavy atom. The number of hydrogen-bond acceptors (Lipinski definition) is 4. The summed E-state index contributed by atoms with van der Waals surface area (Å²) in [6.45, 7) is 9.56. The standard InChI is InChI=1S/C15H28O4/c1-6-9-19-15(18)13(10(4)5)14(11(16)7-2)12(17)8-3/h11-12,14,16-17H,6-9H2,1-5H3. The number of ether oxygens (including phenoxy) is 1. The molecule has 0 saturated carbocycles. The summed E-state index contributed by atoms with van der Waals surface area (Å²) in [5.41, 5.74) is 1.20. The van der Waals surface area contributed by atoms with Crippen LogP contribution in [0.1, 0.15) is 53.9 Å². The monoisotopic (exact) mass is 272 g/mol. The zero-order valence-electron chi connectivity index (χ0n) is 12.8. The van der Waals surface area contributed by atoms with Gasteiger partial charge in [0.25, 0.3) is 0 Å². The van der Waals surface area contributed by atoms with Crippen LogP contribution in [0.2, 0.25) is 0 Å². The first-order chi connectivity index (χ1) is 8.90. The number of carbonyl (C=O) groups excluding carboxylic acids is 1. The summed E-state index contributed by atoms with van der Waals surface area (Å²) < 4.78 is 5.17. The highest BCUT2D eigenvalue weighted by molar-refractivity contribution is 5.90. The lowest BCUT2D eigenvalue weighted by Gasteiger charge is -2.29. The molecular formula is C15H28O4. The van der Waals surface area contributed by atoms with Crippen molar-refractivity contribution in [1.29, 1.82) is 0 Å². The minimum absolute atomic E-state index is 0.354. The predicted octanol–water partition coefficient (Wildman–Crippen LogP) is 2.43. The Kier molecular flexibility index (Phi) is 8.68. The fourth-order valence-electron chi connectivity index (χ4n) is 2.10. The summed E-state index contributed by atoms with van der Waals surface area (Å²) in [5.74, 6) is -1.00. The van der Waals surface area contributed by atoms with Crippen LogP contribution in [0.4, 0.5) is 0 Å². The highest BCUT2D eigenvalue weighted by Crippen LogP contribution is 2.27. The molecule has 0 heterocycles. The van der Waals surface area contributed by atoms with Gasteiger partial charge < -0.3 is 14.9 Å². The first-order valence-corrected chi connectivity index (χ1v) is 7.11. The number of hydrogen-bond donors (Lipinski definition) is 2. The lowest BCUT2D eigenvalue weighted by molar-refractivity contribution is -0.141. The molecule has 0 bridgehead atoms. The van der Waals surface area contributed by atoms with E-state index < -0.39 is 24.1 Å². The van der Waals surface area contributed by atoms with Crippen molar-refractivity contribution in [2.45, 2.75) is 66.1 Å². The minimum atomic E-state index is -0.742. The largest absolute Gasteiger partial charge is 0.462 e. The summed E-state index contributed by atoms with van der Waals surface area (Å²) >= 11 is 0. The molecule has 0 spiro atoms. The smallest absolute Gasteiger partial charge is 0.334 e. The van der Waals surface area contributed by atoms with Gasteiger partial charge in [-0.1, -0.05) is 26.3 Å². The van der Waals surface area contributed by atoms with Crippen LogP contribution < -0.4 is 0 Å². The summed E-state index contributed by atoms with van der Waals surface area (Å²) in [6.07, 6.45) is 0.237.